The molecule has 0 aliphatic heterocycles. The average molecular weight is 411 g/mol. The Morgan fingerprint density at radius 1 is 0.333 bits per heavy atom. The van der Waals surface area contributed by atoms with Gasteiger partial charge in [-0.15, -0.1) is 0 Å². The first-order chi connectivity index (χ1) is 14.7. The molecule has 0 amide bonds. The summed E-state index contributed by atoms with van der Waals surface area (Å²) in [6.07, 6.45) is 34.1. The molecule has 0 heterocycles. The summed E-state index contributed by atoms with van der Waals surface area (Å²) in [5.74, 6) is 7.67. The Morgan fingerprint density at radius 3 is 0.933 bits per heavy atom. The lowest BCUT2D eigenvalue weighted by Gasteiger charge is -2.36. The van der Waals surface area contributed by atoms with Crippen LogP contribution in [0.3, 0.4) is 0 Å². The Hall–Kier alpha value is -0.520. The largest absolute Gasteiger partial charge is 0.0851 e. The Kier molecular flexibility index (Phi) is 8.60. The number of hydrogen-bond donors (Lipinski definition) is 0. The highest BCUT2D eigenvalue weighted by molar-refractivity contribution is 5.00. The molecule has 0 spiro atoms. The zero-order chi connectivity index (χ0) is 20.8. The second kappa shape index (κ2) is 11.4. The fraction of sp³-hybridized carbons (Fsp3) is 0.867. The van der Waals surface area contributed by atoms with E-state index in [-0.39, 0.29) is 0 Å². The van der Waals surface area contributed by atoms with Gasteiger partial charge in [-0.05, 0) is 124 Å². The van der Waals surface area contributed by atoms with Crippen molar-refractivity contribution in [1.82, 2.24) is 0 Å². The molecule has 0 unspecified atom stereocenters. The first kappa shape index (κ1) is 22.7. The van der Waals surface area contributed by atoms with E-state index >= 15 is 0 Å². The number of rotatable bonds is 5. The van der Waals surface area contributed by atoms with Gasteiger partial charge in [-0.25, -0.2) is 0 Å². The van der Waals surface area contributed by atoms with Crippen molar-refractivity contribution in [3.05, 3.63) is 24.3 Å². The molecular formula is C30H50. The maximum atomic E-state index is 2.66. The fourth-order valence-electron chi connectivity index (χ4n) is 7.20. The van der Waals surface area contributed by atoms with Crippen LogP contribution in [0.2, 0.25) is 0 Å². The molecule has 0 heteroatoms. The van der Waals surface area contributed by atoms with Crippen molar-refractivity contribution in [2.75, 3.05) is 0 Å². The van der Waals surface area contributed by atoms with Crippen LogP contribution in [0, 0.1) is 47.3 Å². The Bertz CT molecular complexity index is 524. The van der Waals surface area contributed by atoms with Gasteiger partial charge in [-0.2, -0.15) is 0 Å². The van der Waals surface area contributed by atoms with Gasteiger partial charge in [0.15, 0.2) is 0 Å². The third kappa shape index (κ3) is 6.74. The van der Waals surface area contributed by atoms with E-state index in [1.54, 1.807) is 0 Å². The van der Waals surface area contributed by atoms with Gasteiger partial charge in [0.05, 0.1) is 0 Å². The summed E-state index contributed by atoms with van der Waals surface area (Å²) in [6, 6.07) is 0. The van der Waals surface area contributed by atoms with Gasteiger partial charge in [-0.1, -0.05) is 63.8 Å². The van der Waals surface area contributed by atoms with E-state index in [9.17, 15) is 0 Å². The van der Waals surface area contributed by atoms with Crippen LogP contribution >= 0.6 is 0 Å². The van der Waals surface area contributed by atoms with Crippen molar-refractivity contribution < 1.29 is 0 Å². The van der Waals surface area contributed by atoms with E-state index in [2.05, 4.69) is 38.2 Å². The summed E-state index contributed by atoms with van der Waals surface area (Å²) >= 11 is 0. The highest BCUT2D eigenvalue weighted by atomic mass is 14.3. The molecule has 4 aliphatic rings. The zero-order valence-corrected chi connectivity index (χ0v) is 20.2. The fourth-order valence-corrected chi connectivity index (χ4v) is 7.20. The van der Waals surface area contributed by atoms with E-state index < -0.39 is 0 Å². The minimum absolute atomic E-state index is 0.877. The normalized spacial score (nSPS) is 43.9. The lowest BCUT2D eigenvalue weighted by atomic mass is 9.69. The van der Waals surface area contributed by atoms with E-state index in [1.807, 2.05) is 0 Å². The Labute approximate surface area is 188 Å². The first-order valence-corrected chi connectivity index (χ1v) is 14.0. The summed E-state index contributed by atoms with van der Waals surface area (Å²) in [4.78, 5) is 0. The van der Waals surface area contributed by atoms with Crippen molar-refractivity contribution >= 4 is 0 Å². The molecule has 4 saturated carbocycles. The lowest BCUT2D eigenvalue weighted by Crippen LogP contribution is -2.24. The summed E-state index contributed by atoms with van der Waals surface area (Å²) in [7, 11) is 0. The van der Waals surface area contributed by atoms with Gasteiger partial charge in [0.25, 0.3) is 0 Å². The third-order valence-electron chi connectivity index (χ3n) is 9.73. The maximum absolute atomic E-state index is 2.66. The standard InChI is InChI=1S/C30H50/c1-23-3-7-25(8-4-23)9-10-26-11-13-27(14-12-26)15-16-28-17-21-30(22-18-28)29-19-5-24(2)6-20-29/h9-10,15-16,23-30H,3-8,11-14,17-22H2,1-2H3/b10-9+,16-15+. The van der Waals surface area contributed by atoms with E-state index in [0.29, 0.717) is 0 Å². The molecule has 0 bridgehead atoms. The maximum Gasteiger partial charge on any atom is -0.0233 e. The molecule has 0 aromatic carbocycles. The SMILES string of the molecule is CC1CCC(/C=C/C2CCC(/C=C/C3CCC(C4CCC(C)CC4)CC3)CC2)CC1. The summed E-state index contributed by atoms with van der Waals surface area (Å²) in [5.41, 5.74) is 0. The van der Waals surface area contributed by atoms with Gasteiger partial charge in [-0.3, -0.25) is 0 Å². The molecule has 4 rings (SSSR count). The first-order valence-electron chi connectivity index (χ1n) is 14.0. The van der Waals surface area contributed by atoms with E-state index in [4.69, 9.17) is 0 Å². The van der Waals surface area contributed by atoms with Crippen LogP contribution in [0.4, 0.5) is 0 Å². The molecule has 0 saturated heterocycles. The highest BCUT2D eigenvalue weighted by Crippen LogP contribution is 2.42. The monoisotopic (exact) mass is 410 g/mol. The van der Waals surface area contributed by atoms with Crippen LogP contribution in [0.1, 0.15) is 117 Å². The van der Waals surface area contributed by atoms with Crippen LogP contribution < -0.4 is 0 Å². The minimum atomic E-state index is 0.877. The number of hydrogen-bond acceptors (Lipinski definition) is 0. The second-order valence-corrected chi connectivity index (χ2v) is 12.2. The lowest BCUT2D eigenvalue weighted by molar-refractivity contribution is 0.160. The van der Waals surface area contributed by atoms with Gasteiger partial charge in [0.1, 0.15) is 0 Å². The van der Waals surface area contributed by atoms with Crippen LogP contribution in [-0.4, -0.2) is 0 Å². The Morgan fingerprint density at radius 2 is 0.567 bits per heavy atom. The molecule has 30 heavy (non-hydrogen) atoms. The summed E-state index contributed by atoms with van der Waals surface area (Å²) in [5, 5.41) is 0. The van der Waals surface area contributed by atoms with Crippen molar-refractivity contribution in [3.8, 4) is 0 Å². The molecule has 0 atom stereocenters. The molecule has 4 fully saturated rings. The van der Waals surface area contributed by atoms with Crippen molar-refractivity contribution in [3.63, 3.8) is 0 Å². The van der Waals surface area contributed by atoms with Gasteiger partial charge in [0.2, 0.25) is 0 Å². The molecule has 4 aliphatic carbocycles. The molecule has 0 aromatic rings. The van der Waals surface area contributed by atoms with Crippen molar-refractivity contribution in [2.45, 2.75) is 117 Å². The van der Waals surface area contributed by atoms with Crippen LogP contribution in [0.25, 0.3) is 0 Å². The van der Waals surface area contributed by atoms with Crippen molar-refractivity contribution in [2.24, 2.45) is 47.3 Å². The van der Waals surface area contributed by atoms with E-state index in [1.165, 1.54) is 103 Å². The summed E-state index contributed by atoms with van der Waals surface area (Å²) in [6.45, 7) is 4.89. The van der Waals surface area contributed by atoms with E-state index in [0.717, 1.165) is 47.3 Å². The summed E-state index contributed by atoms with van der Waals surface area (Å²) < 4.78 is 0. The highest BCUT2D eigenvalue weighted by Gasteiger charge is 2.29. The van der Waals surface area contributed by atoms with Crippen molar-refractivity contribution in [1.29, 1.82) is 0 Å². The van der Waals surface area contributed by atoms with Gasteiger partial charge in [0, 0.05) is 0 Å². The van der Waals surface area contributed by atoms with Gasteiger partial charge >= 0.3 is 0 Å². The molecule has 0 nitrogen and oxygen atoms in total. The van der Waals surface area contributed by atoms with Crippen LogP contribution in [-0.2, 0) is 0 Å². The molecule has 0 N–H and O–H groups in total. The predicted molar refractivity (Wildman–Crippen MR) is 131 cm³/mol. The Balaban J connectivity index is 1.12. The molecule has 0 radical (unpaired) electrons. The topological polar surface area (TPSA) is 0 Å². The molecule has 170 valence electrons. The smallest absolute Gasteiger partial charge is 0.0233 e. The molecule has 0 aromatic heterocycles. The minimum Gasteiger partial charge on any atom is -0.0851 e. The quantitative estimate of drug-likeness (QED) is 0.396. The average Bonchev–Trinajstić information content (AvgIpc) is 2.79. The predicted octanol–water partition coefficient (Wildman–Crippen LogP) is 9.36. The third-order valence-corrected chi connectivity index (χ3v) is 9.73. The van der Waals surface area contributed by atoms with Crippen LogP contribution in [0.5, 0.6) is 0 Å². The molecular weight excluding hydrogens is 360 g/mol. The van der Waals surface area contributed by atoms with Crippen LogP contribution in [0.15, 0.2) is 24.3 Å². The number of allylic oxidation sites excluding steroid dienone is 4. The second-order valence-electron chi connectivity index (χ2n) is 12.2. The zero-order valence-electron chi connectivity index (χ0n) is 20.2. The van der Waals surface area contributed by atoms with Gasteiger partial charge < -0.3 is 0 Å².